The van der Waals surface area contributed by atoms with Gasteiger partial charge in [0.2, 0.25) is 0 Å². The number of aromatic nitrogens is 3. The predicted molar refractivity (Wildman–Crippen MR) is 116 cm³/mol. The molecule has 0 unspecified atom stereocenters. The van der Waals surface area contributed by atoms with Crippen molar-refractivity contribution in [2.75, 3.05) is 32.7 Å². The van der Waals surface area contributed by atoms with Crippen LogP contribution in [0, 0.1) is 5.92 Å². The Morgan fingerprint density at radius 1 is 1.10 bits per heavy atom. The zero-order valence-corrected chi connectivity index (χ0v) is 17.5. The van der Waals surface area contributed by atoms with E-state index in [1.54, 1.807) is 6.20 Å². The first-order chi connectivity index (χ1) is 14.1. The molecule has 4 rings (SSSR count). The monoisotopic (exact) mass is 391 g/mol. The van der Waals surface area contributed by atoms with Gasteiger partial charge >= 0.3 is 0 Å². The highest BCUT2D eigenvalue weighted by molar-refractivity contribution is 5.95. The molecule has 152 valence electrons. The number of rotatable bonds is 5. The molecule has 3 aromatic rings. The smallest absolute Gasteiger partial charge is 0.253 e. The minimum Gasteiger partial charge on any atom is -0.336 e. The Labute approximate surface area is 172 Å². The zero-order valence-electron chi connectivity index (χ0n) is 17.5. The Balaban J connectivity index is 1.66. The molecular weight excluding hydrogens is 362 g/mol. The second-order valence-corrected chi connectivity index (χ2v) is 8.09. The standard InChI is InChI=1S/C23H29N5O/c1-4-26-11-13-27(14-12-26)23(29)19-8-5-7-18(15-19)21-25-20-9-6-10-24-22(20)28(21)16-17(2)3/h5-10,15,17H,4,11-14,16H2,1-3H3. The van der Waals surface area contributed by atoms with Crippen LogP contribution < -0.4 is 0 Å². The van der Waals surface area contributed by atoms with Gasteiger partial charge in [-0.25, -0.2) is 9.97 Å². The molecular formula is C23H29N5O. The highest BCUT2D eigenvalue weighted by Crippen LogP contribution is 2.26. The average Bonchev–Trinajstić information content (AvgIpc) is 3.11. The first-order valence-corrected chi connectivity index (χ1v) is 10.5. The van der Waals surface area contributed by atoms with Crippen molar-refractivity contribution < 1.29 is 4.79 Å². The van der Waals surface area contributed by atoms with Crippen molar-refractivity contribution in [2.45, 2.75) is 27.3 Å². The molecule has 0 bridgehead atoms. The van der Waals surface area contributed by atoms with Crippen LogP contribution in [-0.2, 0) is 6.54 Å². The van der Waals surface area contributed by atoms with Gasteiger partial charge in [0.1, 0.15) is 11.3 Å². The number of amides is 1. The molecule has 1 aliphatic heterocycles. The molecule has 29 heavy (non-hydrogen) atoms. The molecule has 0 N–H and O–H groups in total. The summed E-state index contributed by atoms with van der Waals surface area (Å²) in [5.74, 6) is 1.44. The van der Waals surface area contributed by atoms with Crippen molar-refractivity contribution in [1.82, 2.24) is 24.3 Å². The van der Waals surface area contributed by atoms with E-state index in [0.29, 0.717) is 5.92 Å². The van der Waals surface area contributed by atoms with E-state index in [-0.39, 0.29) is 5.91 Å². The minimum absolute atomic E-state index is 0.104. The molecule has 1 aliphatic rings. The van der Waals surface area contributed by atoms with Crippen LogP contribution in [0.3, 0.4) is 0 Å². The van der Waals surface area contributed by atoms with Gasteiger partial charge in [0.25, 0.3) is 5.91 Å². The normalized spacial score (nSPS) is 15.4. The number of carbonyl (C=O) groups is 1. The summed E-state index contributed by atoms with van der Waals surface area (Å²) in [6.07, 6.45) is 1.81. The number of pyridine rings is 1. The average molecular weight is 392 g/mol. The number of benzene rings is 1. The molecule has 0 spiro atoms. The molecule has 0 atom stereocenters. The third-order valence-corrected chi connectivity index (χ3v) is 5.53. The fraction of sp³-hybridized carbons (Fsp3) is 0.435. The Hall–Kier alpha value is -2.73. The van der Waals surface area contributed by atoms with Crippen LogP contribution in [0.1, 0.15) is 31.1 Å². The molecule has 1 amide bonds. The Kier molecular flexibility index (Phi) is 5.62. The van der Waals surface area contributed by atoms with E-state index in [1.165, 1.54) is 0 Å². The zero-order chi connectivity index (χ0) is 20.4. The lowest BCUT2D eigenvalue weighted by Gasteiger charge is -2.34. The van der Waals surface area contributed by atoms with Crippen molar-refractivity contribution in [1.29, 1.82) is 0 Å². The molecule has 0 aliphatic carbocycles. The van der Waals surface area contributed by atoms with Crippen LogP contribution in [-0.4, -0.2) is 63.0 Å². The van der Waals surface area contributed by atoms with E-state index in [9.17, 15) is 4.79 Å². The van der Waals surface area contributed by atoms with E-state index < -0.39 is 0 Å². The van der Waals surface area contributed by atoms with Crippen LogP contribution in [0.25, 0.3) is 22.6 Å². The number of imidazole rings is 1. The third-order valence-electron chi connectivity index (χ3n) is 5.53. The SMILES string of the molecule is CCN1CCN(C(=O)c2cccc(-c3nc4cccnc4n3CC(C)C)c2)CC1. The van der Waals surface area contributed by atoms with Gasteiger partial charge in [0.15, 0.2) is 5.65 Å². The van der Waals surface area contributed by atoms with Gasteiger partial charge in [-0.1, -0.05) is 32.9 Å². The summed E-state index contributed by atoms with van der Waals surface area (Å²) in [6.45, 7) is 11.9. The largest absolute Gasteiger partial charge is 0.336 e. The van der Waals surface area contributed by atoms with E-state index in [1.807, 2.05) is 41.3 Å². The van der Waals surface area contributed by atoms with Gasteiger partial charge in [-0.3, -0.25) is 4.79 Å². The summed E-state index contributed by atoms with van der Waals surface area (Å²) < 4.78 is 2.17. The van der Waals surface area contributed by atoms with E-state index >= 15 is 0 Å². The number of hydrogen-bond donors (Lipinski definition) is 0. The van der Waals surface area contributed by atoms with Crippen LogP contribution >= 0.6 is 0 Å². The fourth-order valence-corrected chi connectivity index (χ4v) is 3.96. The maximum Gasteiger partial charge on any atom is 0.253 e. The third kappa shape index (κ3) is 4.03. The van der Waals surface area contributed by atoms with Crippen LogP contribution in [0.5, 0.6) is 0 Å². The predicted octanol–water partition coefficient (Wildman–Crippen LogP) is 3.53. The van der Waals surface area contributed by atoms with Crippen LogP contribution in [0.15, 0.2) is 42.6 Å². The molecule has 0 saturated carbocycles. The molecule has 2 aromatic heterocycles. The summed E-state index contributed by atoms with van der Waals surface area (Å²) in [4.78, 5) is 26.8. The minimum atomic E-state index is 0.104. The van der Waals surface area contributed by atoms with Crippen molar-refractivity contribution in [2.24, 2.45) is 5.92 Å². The highest BCUT2D eigenvalue weighted by Gasteiger charge is 2.22. The number of piperazine rings is 1. The Morgan fingerprint density at radius 3 is 2.62 bits per heavy atom. The number of carbonyl (C=O) groups excluding carboxylic acids is 1. The van der Waals surface area contributed by atoms with Crippen LogP contribution in [0.4, 0.5) is 0 Å². The molecule has 6 heteroatoms. The summed E-state index contributed by atoms with van der Waals surface area (Å²) in [6, 6.07) is 11.8. The summed E-state index contributed by atoms with van der Waals surface area (Å²) in [5.41, 5.74) is 3.46. The molecule has 1 fully saturated rings. The van der Waals surface area contributed by atoms with Gasteiger partial charge in [-0.15, -0.1) is 0 Å². The molecule has 3 heterocycles. The molecule has 1 aromatic carbocycles. The van der Waals surface area contributed by atoms with Crippen molar-refractivity contribution in [3.05, 3.63) is 48.2 Å². The van der Waals surface area contributed by atoms with Gasteiger partial charge < -0.3 is 14.4 Å². The fourth-order valence-electron chi connectivity index (χ4n) is 3.96. The topological polar surface area (TPSA) is 54.3 Å². The van der Waals surface area contributed by atoms with E-state index in [2.05, 4.69) is 35.2 Å². The summed E-state index contributed by atoms with van der Waals surface area (Å²) in [7, 11) is 0. The maximum atomic E-state index is 13.1. The quantitative estimate of drug-likeness (QED) is 0.668. The van der Waals surface area contributed by atoms with Gasteiger partial charge in [-0.2, -0.15) is 0 Å². The number of fused-ring (bicyclic) bond motifs is 1. The lowest BCUT2D eigenvalue weighted by atomic mass is 10.1. The van der Waals surface area contributed by atoms with E-state index in [4.69, 9.17) is 4.98 Å². The Bertz CT molecular complexity index is 1000. The second-order valence-electron chi connectivity index (χ2n) is 8.09. The first kappa shape index (κ1) is 19.6. The molecule has 6 nitrogen and oxygen atoms in total. The lowest BCUT2D eigenvalue weighted by Crippen LogP contribution is -2.48. The number of hydrogen-bond acceptors (Lipinski definition) is 4. The Morgan fingerprint density at radius 2 is 1.90 bits per heavy atom. The number of likely N-dealkylation sites (N-methyl/N-ethyl adjacent to an activating group) is 1. The van der Waals surface area contributed by atoms with Crippen molar-refractivity contribution in [3.63, 3.8) is 0 Å². The van der Waals surface area contributed by atoms with E-state index in [0.717, 1.165) is 67.4 Å². The van der Waals surface area contributed by atoms with Crippen LogP contribution in [0.2, 0.25) is 0 Å². The highest BCUT2D eigenvalue weighted by atomic mass is 16.2. The molecule has 1 saturated heterocycles. The van der Waals surface area contributed by atoms with Gasteiger partial charge in [0, 0.05) is 50.0 Å². The maximum absolute atomic E-state index is 13.1. The van der Waals surface area contributed by atoms with Crippen molar-refractivity contribution >= 4 is 17.1 Å². The first-order valence-electron chi connectivity index (χ1n) is 10.5. The van der Waals surface area contributed by atoms with Crippen molar-refractivity contribution in [3.8, 4) is 11.4 Å². The molecule has 0 radical (unpaired) electrons. The van der Waals surface area contributed by atoms with Gasteiger partial charge in [0.05, 0.1) is 0 Å². The summed E-state index contributed by atoms with van der Waals surface area (Å²) in [5, 5.41) is 0. The number of nitrogens with zero attached hydrogens (tertiary/aromatic N) is 5. The van der Waals surface area contributed by atoms with Gasteiger partial charge in [-0.05, 0) is 36.7 Å². The summed E-state index contributed by atoms with van der Waals surface area (Å²) >= 11 is 0. The second kappa shape index (κ2) is 8.33. The lowest BCUT2D eigenvalue weighted by molar-refractivity contribution is 0.0643.